The largest absolute Gasteiger partial charge is 0.484 e. The molecule has 0 bridgehead atoms. The van der Waals surface area contributed by atoms with Crippen molar-refractivity contribution in [3.05, 3.63) is 48.0 Å². The number of aryl methyl sites for hydroxylation is 1. The molecule has 0 atom stereocenters. The lowest BCUT2D eigenvalue weighted by molar-refractivity contribution is -0.120. The number of likely N-dealkylation sites (N-methyl/N-ethyl adjacent to an activating group) is 1. The maximum absolute atomic E-state index is 13.0. The summed E-state index contributed by atoms with van der Waals surface area (Å²) in [5.74, 6) is 0.387. The smallest absolute Gasteiger partial charge is 0.266 e. The number of sulfone groups is 1. The Labute approximate surface area is 180 Å². The zero-order chi connectivity index (χ0) is 21.9. The second-order valence-corrected chi connectivity index (χ2v) is 10.3. The third-order valence-electron chi connectivity index (χ3n) is 4.42. The van der Waals surface area contributed by atoms with Gasteiger partial charge in [0, 0.05) is 19.3 Å². The van der Waals surface area contributed by atoms with Crippen molar-refractivity contribution in [3.8, 4) is 5.75 Å². The summed E-state index contributed by atoms with van der Waals surface area (Å²) in [4.78, 5) is 21.2. The zero-order valence-electron chi connectivity index (χ0n) is 17.5. The molecule has 0 aliphatic rings. The number of thiazole rings is 1. The van der Waals surface area contributed by atoms with Crippen molar-refractivity contribution in [3.63, 3.8) is 0 Å². The Bertz CT molecular complexity index is 1160. The van der Waals surface area contributed by atoms with Crippen LogP contribution >= 0.6 is 11.3 Å². The average molecular weight is 448 g/mol. The van der Waals surface area contributed by atoms with E-state index in [9.17, 15) is 13.2 Å². The number of nitrogens with zero attached hydrogens (tertiary/aromatic N) is 3. The highest BCUT2D eigenvalue weighted by Gasteiger charge is 2.23. The minimum absolute atomic E-state index is 0.133. The number of aromatic nitrogens is 1. The predicted molar refractivity (Wildman–Crippen MR) is 120 cm³/mol. The van der Waals surface area contributed by atoms with Crippen LogP contribution in [0.3, 0.4) is 0 Å². The standard InChI is InChI=1S/C21H25N3O4S2/c1-15-7-5-8-16(13-15)28-14-19(25)24(12-11-23(2)3)21-22-20-17(29-21)9-6-10-18(20)30(4,26)27/h5-10,13H,11-12,14H2,1-4H3. The van der Waals surface area contributed by atoms with Gasteiger partial charge in [-0.25, -0.2) is 13.4 Å². The van der Waals surface area contributed by atoms with Crippen LogP contribution in [0.4, 0.5) is 5.13 Å². The first kappa shape index (κ1) is 22.2. The lowest BCUT2D eigenvalue weighted by Gasteiger charge is -2.22. The van der Waals surface area contributed by atoms with Crippen molar-refractivity contribution >= 4 is 42.4 Å². The van der Waals surface area contributed by atoms with Crippen molar-refractivity contribution in [2.75, 3.05) is 44.9 Å². The summed E-state index contributed by atoms with van der Waals surface area (Å²) in [7, 11) is 0.415. The van der Waals surface area contributed by atoms with Crippen molar-refractivity contribution in [1.82, 2.24) is 9.88 Å². The minimum atomic E-state index is -3.43. The number of para-hydroxylation sites is 1. The third kappa shape index (κ3) is 5.35. The van der Waals surface area contributed by atoms with Gasteiger partial charge in [0.25, 0.3) is 5.91 Å². The SMILES string of the molecule is Cc1cccc(OCC(=O)N(CCN(C)C)c2nc3c(S(C)(=O)=O)cccc3s2)c1. The highest BCUT2D eigenvalue weighted by molar-refractivity contribution is 7.91. The number of benzene rings is 2. The van der Waals surface area contributed by atoms with E-state index in [1.165, 1.54) is 17.4 Å². The summed E-state index contributed by atoms with van der Waals surface area (Å²) >= 11 is 1.30. The van der Waals surface area contributed by atoms with Gasteiger partial charge in [0.1, 0.15) is 11.3 Å². The summed E-state index contributed by atoms with van der Waals surface area (Å²) in [6.45, 7) is 2.87. The normalized spacial score (nSPS) is 11.8. The predicted octanol–water partition coefficient (Wildman–Crippen LogP) is 2.98. The van der Waals surface area contributed by atoms with Gasteiger partial charge >= 0.3 is 0 Å². The number of hydrogen-bond acceptors (Lipinski definition) is 7. The molecule has 0 spiro atoms. The van der Waals surface area contributed by atoms with E-state index >= 15 is 0 Å². The fourth-order valence-electron chi connectivity index (χ4n) is 2.88. The Hall–Kier alpha value is -2.49. The molecule has 9 heteroatoms. The fourth-order valence-corrected chi connectivity index (χ4v) is 4.81. The third-order valence-corrected chi connectivity index (χ3v) is 6.60. The van der Waals surface area contributed by atoms with Crippen LogP contribution in [-0.2, 0) is 14.6 Å². The Morgan fingerprint density at radius 1 is 1.13 bits per heavy atom. The van der Waals surface area contributed by atoms with Crippen LogP contribution in [-0.4, -0.2) is 64.3 Å². The van der Waals surface area contributed by atoms with Crippen LogP contribution in [0.2, 0.25) is 0 Å². The number of fused-ring (bicyclic) bond motifs is 1. The van der Waals surface area contributed by atoms with Gasteiger partial charge in [-0.1, -0.05) is 29.5 Å². The molecule has 3 rings (SSSR count). The second kappa shape index (κ2) is 9.11. The number of ether oxygens (including phenoxy) is 1. The van der Waals surface area contributed by atoms with Gasteiger partial charge < -0.3 is 9.64 Å². The molecule has 0 N–H and O–H groups in total. The molecule has 160 valence electrons. The quantitative estimate of drug-likeness (QED) is 0.528. The van der Waals surface area contributed by atoms with Gasteiger partial charge in [0.15, 0.2) is 21.6 Å². The summed E-state index contributed by atoms with van der Waals surface area (Å²) < 4.78 is 30.6. The summed E-state index contributed by atoms with van der Waals surface area (Å²) in [6, 6.07) is 12.5. The van der Waals surface area contributed by atoms with Crippen LogP contribution < -0.4 is 9.64 Å². The van der Waals surface area contributed by atoms with E-state index in [0.717, 1.165) is 16.5 Å². The lowest BCUT2D eigenvalue weighted by Crippen LogP contribution is -2.39. The molecule has 0 fully saturated rings. The van der Waals surface area contributed by atoms with Crippen LogP contribution in [0.25, 0.3) is 10.2 Å². The molecule has 0 unspecified atom stereocenters. The highest BCUT2D eigenvalue weighted by Crippen LogP contribution is 2.32. The first-order chi connectivity index (χ1) is 14.1. The Morgan fingerprint density at radius 3 is 2.53 bits per heavy atom. The molecular weight excluding hydrogens is 422 g/mol. The molecule has 30 heavy (non-hydrogen) atoms. The summed E-state index contributed by atoms with van der Waals surface area (Å²) in [5, 5.41) is 0.459. The molecule has 3 aromatic rings. The fraction of sp³-hybridized carbons (Fsp3) is 0.333. The number of carbonyl (C=O) groups excluding carboxylic acids is 1. The van der Waals surface area contributed by atoms with Crippen LogP contribution in [0.15, 0.2) is 47.4 Å². The van der Waals surface area contributed by atoms with Gasteiger partial charge in [-0.15, -0.1) is 0 Å². The van der Waals surface area contributed by atoms with Gasteiger partial charge in [0.2, 0.25) is 0 Å². The molecule has 1 aromatic heterocycles. The van der Waals surface area contributed by atoms with E-state index in [1.54, 1.807) is 17.0 Å². The van der Waals surface area contributed by atoms with Gasteiger partial charge in [-0.3, -0.25) is 9.69 Å². The lowest BCUT2D eigenvalue weighted by atomic mass is 10.2. The van der Waals surface area contributed by atoms with Crippen molar-refractivity contribution in [2.45, 2.75) is 11.8 Å². The molecule has 0 saturated heterocycles. The Kier molecular flexibility index (Phi) is 6.74. The molecule has 2 aromatic carbocycles. The maximum Gasteiger partial charge on any atom is 0.266 e. The van der Waals surface area contributed by atoms with Crippen molar-refractivity contribution in [2.24, 2.45) is 0 Å². The summed E-state index contributed by atoms with van der Waals surface area (Å²) in [5.41, 5.74) is 1.44. The highest BCUT2D eigenvalue weighted by atomic mass is 32.2. The van der Waals surface area contributed by atoms with Crippen LogP contribution in [0.1, 0.15) is 5.56 Å². The molecule has 7 nitrogen and oxygen atoms in total. The average Bonchev–Trinajstić information content (AvgIpc) is 3.09. The van der Waals surface area contributed by atoms with E-state index in [-0.39, 0.29) is 17.4 Å². The second-order valence-electron chi connectivity index (χ2n) is 7.33. The molecule has 1 heterocycles. The summed E-state index contributed by atoms with van der Waals surface area (Å²) in [6.07, 6.45) is 1.16. The van der Waals surface area contributed by atoms with Crippen molar-refractivity contribution < 1.29 is 17.9 Å². The van der Waals surface area contributed by atoms with E-state index in [2.05, 4.69) is 4.98 Å². The first-order valence-electron chi connectivity index (χ1n) is 9.39. The molecule has 0 aliphatic carbocycles. The number of amides is 1. The molecule has 1 amide bonds. The first-order valence-corrected chi connectivity index (χ1v) is 12.1. The van der Waals surface area contributed by atoms with E-state index in [4.69, 9.17) is 4.74 Å². The topological polar surface area (TPSA) is 79.8 Å². The molecule has 0 radical (unpaired) electrons. The van der Waals surface area contributed by atoms with Gasteiger partial charge in [0.05, 0.1) is 9.60 Å². The van der Waals surface area contributed by atoms with E-state index < -0.39 is 9.84 Å². The number of rotatable bonds is 8. The zero-order valence-corrected chi connectivity index (χ0v) is 19.1. The Balaban J connectivity index is 1.90. The number of carbonyl (C=O) groups is 1. The van der Waals surface area contributed by atoms with E-state index in [0.29, 0.717) is 29.5 Å². The van der Waals surface area contributed by atoms with Crippen LogP contribution in [0, 0.1) is 6.92 Å². The van der Waals surface area contributed by atoms with Gasteiger partial charge in [-0.05, 0) is 50.8 Å². The molecule has 0 saturated carbocycles. The maximum atomic E-state index is 13.0. The van der Waals surface area contributed by atoms with Crippen LogP contribution in [0.5, 0.6) is 5.75 Å². The van der Waals surface area contributed by atoms with Crippen molar-refractivity contribution in [1.29, 1.82) is 0 Å². The number of hydrogen-bond donors (Lipinski definition) is 0. The minimum Gasteiger partial charge on any atom is -0.484 e. The van der Waals surface area contributed by atoms with Gasteiger partial charge in [-0.2, -0.15) is 0 Å². The molecular formula is C21H25N3O4S2. The molecule has 0 aliphatic heterocycles. The monoisotopic (exact) mass is 447 g/mol. The number of anilines is 1. The van der Waals surface area contributed by atoms with E-state index in [1.807, 2.05) is 50.2 Å². The Morgan fingerprint density at radius 2 is 1.87 bits per heavy atom.